The Balaban J connectivity index is 0.000000782. The van der Waals surface area contributed by atoms with Gasteiger partial charge in [0.25, 0.3) is 5.91 Å². The minimum absolute atomic E-state index is 0.00185. The summed E-state index contributed by atoms with van der Waals surface area (Å²) in [5.41, 5.74) is 0.763. The quantitative estimate of drug-likeness (QED) is 0.178. The summed E-state index contributed by atoms with van der Waals surface area (Å²) >= 11 is 1.15. The number of amides is 2. The normalized spacial score (nSPS) is 11.3. The summed E-state index contributed by atoms with van der Waals surface area (Å²) in [6.07, 6.45) is -1.84. The summed E-state index contributed by atoms with van der Waals surface area (Å²) in [6.45, 7) is 0.432. The van der Waals surface area contributed by atoms with Crippen LogP contribution < -0.4 is 16.0 Å². The lowest BCUT2D eigenvalue weighted by Gasteiger charge is -2.15. The summed E-state index contributed by atoms with van der Waals surface area (Å²) in [5.74, 6) is -3.80. The average Bonchev–Trinajstić information content (AvgIpc) is 3.44. The molecule has 2 amide bonds. The zero-order valence-corrected chi connectivity index (χ0v) is 22.7. The van der Waals surface area contributed by atoms with Gasteiger partial charge in [-0.15, -0.1) is 10.2 Å². The molecule has 0 fully saturated rings. The number of anilines is 1. The molecule has 0 aliphatic rings. The first-order valence-electron chi connectivity index (χ1n) is 12.2. The number of alkyl carbamates (subject to hydrolysis) is 1. The van der Waals surface area contributed by atoms with Crippen molar-refractivity contribution < 1.29 is 47.3 Å². The van der Waals surface area contributed by atoms with Gasteiger partial charge in [0.2, 0.25) is 5.01 Å². The molecule has 226 valence electrons. The van der Waals surface area contributed by atoms with E-state index in [1.54, 1.807) is 30.5 Å². The number of unbranched alkanes of at least 4 members (excludes halogenated alkanes) is 1. The molecule has 2 heterocycles. The number of halogens is 3. The molecule has 13 nitrogen and oxygen atoms in total. The van der Waals surface area contributed by atoms with Gasteiger partial charge in [-0.1, -0.05) is 47.7 Å². The fourth-order valence-corrected chi connectivity index (χ4v) is 3.71. The van der Waals surface area contributed by atoms with Crippen molar-refractivity contribution in [1.29, 1.82) is 0 Å². The number of aromatic nitrogens is 3. The summed E-state index contributed by atoms with van der Waals surface area (Å²) in [5, 5.41) is 33.2. The van der Waals surface area contributed by atoms with Gasteiger partial charge in [0.15, 0.2) is 0 Å². The number of carbonyl (C=O) groups excluding carboxylic acids is 2. The van der Waals surface area contributed by atoms with Crippen LogP contribution in [0, 0.1) is 0 Å². The van der Waals surface area contributed by atoms with E-state index in [0.29, 0.717) is 11.4 Å². The Morgan fingerprint density at radius 1 is 0.976 bits per heavy atom. The molecule has 3 rings (SSSR count). The molecule has 0 radical (unpaired) electrons. The van der Waals surface area contributed by atoms with Crippen molar-refractivity contribution in [3.63, 3.8) is 0 Å². The number of ether oxygens (including phenoxy) is 1. The summed E-state index contributed by atoms with van der Waals surface area (Å²) in [6, 6.07) is 13.3. The number of nitrogens with one attached hydrogen (secondary N) is 3. The van der Waals surface area contributed by atoms with Gasteiger partial charge in [-0.05, 0) is 30.5 Å². The molecular formula is C25H27F3N6O7S. The van der Waals surface area contributed by atoms with Crippen LogP contribution in [0.4, 0.5) is 23.8 Å². The van der Waals surface area contributed by atoms with E-state index in [0.717, 1.165) is 42.1 Å². The fraction of sp³-hybridized carbons (Fsp3) is 0.320. The Morgan fingerprint density at radius 2 is 1.67 bits per heavy atom. The number of rotatable bonds is 13. The van der Waals surface area contributed by atoms with E-state index in [-0.39, 0.29) is 18.2 Å². The first-order chi connectivity index (χ1) is 20.0. The molecule has 1 aromatic carbocycles. The highest BCUT2D eigenvalue weighted by Crippen LogP contribution is 2.14. The Bertz CT molecular complexity index is 1300. The Kier molecular flexibility index (Phi) is 13.6. The molecule has 17 heteroatoms. The van der Waals surface area contributed by atoms with E-state index in [1.807, 2.05) is 24.3 Å². The number of carboxylic acid groups (broad SMARTS) is 2. The minimum atomic E-state index is -5.08. The van der Waals surface area contributed by atoms with Crippen molar-refractivity contribution in [3.8, 4) is 0 Å². The maximum absolute atomic E-state index is 12.4. The number of carbonyl (C=O) groups is 4. The first kappa shape index (κ1) is 33.4. The number of carboxylic acids is 2. The number of nitrogens with zero attached hydrogens (tertiary/aromatic N) is 3. The molecule has 0 aliphatic carbocycles. The first-order valence-corrected chi connectivity index (χ1v) is 13.0. The third-order valence-electron chi connectivity index (χ3n) is 4.96. The molecule has 1 atom stereocenters. The van der Waals surface area contributed by atoms with Crippen molar-refractivity contribution in [1.82, 2.24) is 25.8 Å². The predicted octanol–water partition coefficient (Wildman–Crippen LogP) is 3.11. The van der Waals surface area contributed by atoms with Crippen molar-refractivity contribution in [2.45, 2.75) is 38.1 Å². The van der Waals surface area contributed by atoms with Crippen LogP contribution in [-0.2, 0) is 27.4 Å². The maximum Gasteiger partial charge on any atom is 0.490 e. The van der Waals surface area contributed by atoms with Crippen LogP contribution in [0.1, 0.15) is 33.2 Å². The maximum atomic E-state index is 12.4. The Hall–Kier alpha value is -4.80. The van der Waals surface area contributed by atoms with Crippen molar-refractivity contribution in [3.05, 3.63) is 70.3 Å². The van der Waals surface area contributed by atoms with Crippen molar-refractivity contribution in [2.24, 2.45) is 0 Å². The number of hydrogen-bond donors (Lipinski definition) is 5. The fourth-order valence-electron chi connectivity index (χ4n) is 2.91. The predicted molar refractivity (Wildman–Crippen MR) is 143 cm³/mol. The van der Waals surface area contributed by atoms with Gasteiger partial charge >= 0.3 is 24.2 Å². The van der Waals surface area contributed by atoms with Crippen molar-refractivity contribution in [2.75, 3.05) is 18.4 Å². The van der Waals surface area contributed by atoms with Gasteiger partial charge in [0.1, 0.15) is 23.5 Å². The second-order valence-electron chi connectivity index (χ2n) is 8.21. The molecule has 0 unspecified atom stereocenters. The number of benzene rings is 1. The number of hydrogen-bond acceptors (Lipinski definition) is 10. The number of pyridine rings is 1. The van der Waals surface area contributed by atoms with Crippen LogP contribution in [0.5, 0.6) is 0 Å². The minimum Gasteiger partial charge on any atom is -0.480 e. The number of alkyl halides is 3. The highest BCUT2D eigenvalue weighted by Gasteiger charge is 2.38. The average molecular weight is 613 g/mol. The SMILES string of the molecule is O=C(N[C@@H](CNC(=O)c1nnc(CCCCNc2ccccn2)s1)C(=O)O)OCc1ccccc1.O=C(O)C(F)(F)F. The molecular weight excluding hydrogens is 585 g/mol. The van der Waals surface area contributed by atoms with Gasteiger partial charge < -0.3 is 30.9 Å². The second-order valence-corrected chi connectivity index (χ2v) is 9.27. The Morgan fingerprint density at radius 3 is 2.29 bits per heavy atom. The molecule has 0 spiro atoms. The molecule has 2 aromatic heterocycles. The van der Waals surface area contributed by atoms with E-state index >= 15 is 0 Å². The molecule has 0 bridgehead atoms. The van der Waals surface area contributed by atoms with E-state index in [2.05, 4.69) is 31.1 Å². The lowest BCUT2D eigenvalue weighted by atomic mass is 10.2. The van der Waals surface area contributed by atoms with E-state index in [1.165, 1.54) is 0 Å². The van der Waals surface area contributed by atoms with Crippen molar-refractivity contribution >= 4 is 41.1 Å². The van der Waals surface area contributed by atoms with Crippen LogP contribution in [-0.4, -0.2) is 74.6 Å². The molecule has 0 saturated carbocycles. The zero-order valence-electron chi connectivity index (χ0n) is 21.8. The third-order valence-corrected chi connectivity index (χ3v) is 5.94. The lowest BCUT2D eigenvalue weighted by Crippen LogP contribution is -2.48. The summed E-state index contributed by atoms with van der Waals surface area (Å²) in [7, 11) is 0. The molecule has 5 N–H and O–H groups in total. The third kappa shape index (κ3) is 13.0. The number of aliphatic carboxylic acids is 2. The van der Waals surface area contributed by atoms with Gasteiger partial charge in [-0.25, -0.2) is 19.4 Å². The van der Waals surface area contributed by atoms with Crippen LogP contribution in [0.25, 0.3) is 0 Å². The lowest BCUT2D eigenvalue weighted by molar-refractivity contribution is -0.192. The van der Waals surface area contributed by atoms with Crippen LogP contribution >= 0.6 is 11.3 Å². The van der Waals surface area contributed by atoms with Gasteiger partial charge in [0.05, 0.1) is 0 Å². The highest BCUT2D eigenvalue weighted by molar-refractivity contribution is 7.13. The standard InChI is InChI=1S/C23H26N6O5S.C2HF3O2/c30-20(21-29-28-19(35-21)11-5-7-13-25-18-10-4-6-12-24-18)26-14-17(22(31)32)27-23(33)34-15-16-8-2-1-3-9-16;3-2(4,5)1(6)7/h1-4,6,8-10,12,17H,5,7,11,13-15H2,(H,24,25)(H,26,30)(H,27,33)(H,31,32);(H,6,7)/t17-;/m0./s1. The van der Waals surface area contributed by atoms with E-state index in [4.69, 9.17) is 14.6 Å². The van der Waals surface area contributed by atoms with Gasteiger partial charge in [-0.2, -0.15) is 13.2 Å². The van der Waals surface area contributed by atoms with E-state index < -0.39 is 36.2 Å². The smallest absolute Gasteiger partial charge is 0.480 e. The summed E-state index contributed by atoms with van der Waals surface area (Å²) < 4.78 is 36.8. The number of aryl methyl sites for hydroxylation is 1. The van der Waals surface area contributed by atoms with Gasteiger partial charge in [0, 0.05) is 25.7 Å². The monoisotopic (exact) mass is 612 g/mol. The Labute approximate surface area is 241 Å². The van der Waals surface area contributed by atoms with Crippen LogP contribution in [0.3, 0.4) is 0 Å². The second kappa shape index (κ2) is 17.1. The summed E-state index contributed by atoms with van der Waals surface area (Å²) in [4.78, 5) is 48.9. The highest BCUT2D eigenvalue weighted by atomic mass is 32.1. The van der Waals surface area contributed by atoms with Gasteiger partial charge in [-0.3, -0.25) is 4.79 Å². The zero-order chi connectivity index (χ0) is 31.0. The molecule has 0 aliphatic heterocycles. The van der Waals surface area contributed by atoms with E-state index in [9.17, 15) is 32.7 Å². The molecule has 3 aromatic rings. The largest absolute Gasteiger partial charge is 0.490 e. The molecule has 0 saturated heterocycles. The molecule has 42 heavy (non-hydrogen) atoms. The van der Waals surface area contributed by atoms with Crippen LogP contribution in [0.2, 0.25) is 0 Å². The topological polar surface area (TPSA) is 193 Å². The van der Waals surface area contributed by atoms with Crippen LogP contribution in [0.15, 0.2) is 54.7 Å².